The fraction of sp³-hybridized carbons (Fsp3) is 0.0833. The number of rotatable bonds is 6. The van der Waals surface area contributed by atoms with Crippen molar-refractivity contribution in [3.63, 3.8) is 0 Å². The van der Waals surface area contributed by atoms with Crippen molar-refractivity contribution in [1.82, 2.24) is 5.16 Å². The number of sulfone groups is 1. The summed E-state index contributed by atoms with van der Waals surface area (Å²) < 4.78 is 33.9. The number of aliphatic carboxylic acids is 1. The van der Waals surface area contributed by atoms with Crippen molar-refractivity contribution in [2.45, 2.75) is 9.92 Å². The number of hydrogen-bond donors (Lipinski definition) is 1. The first-order chi connectivity index (χ1) is 10.4. The molecule has 1 aromatic heterocycles. The van der Waals surface area contributed by atoms with Crippen LogP contribution in [0, 0.1) is 5.21 Å². The molecule has 1 aromatic carbocycles. The molecule has 0 aliphatic carbocycles. The van der Waals surface area contributed by atoms with E-state index in [2.05, 4.69) is 9.79 Å². The van der Waals surface area contributed by atoms with Crippen LogP contribution in [0.5, 0.6) is 5.88 Å². The number of aromatic nitrogens is 2. The van der Waals surface area contributed by atoms with Gasteiger partial charge in [0.25, 0.3) is 9.84 Å². The molecule has 0 fully saturated rings. The molecule has 1 heterocycles. The van der Waals surface area contributed by atoms with Gasteiger partial charge in [-0.05, 0) is 23.1 Å². The van der Waals surface area contributed by atoms with Gasteiger partial charge in [0, 0.05) is 6.08 Å². The molecule has 9 nitrogen and oxygen atoms in total. The van der Waals surface area contributed by atoms with Crippen LogP contribution in [0.25, 0.3) is 0 Å². The maximum atomic E-state index is 12.4. The molecule has 0 saturated carbocycles. The first kappa shape index (κ1) is 15.5. The zero-order chi connectivity index (χ0) is 16.2. The van der Waals surface area contributed by atoms with Gasteiger partial charge in [-0.3, -0.25) is 4.63 Å². The lowest BCUT2D eigenvalue weighted by molar-refractivity contribution is -0.832. The lowest BCUT2D eigenvalue weighted by atomic mass is 10.4. The summed E-state index contributed by atoms with van der Waals surface area (Å²) in [5.41, 5.74) is 0. The summed E-state index contributed by atoms with van der Waals surface area (Å²) in [6.45, 7) is -0.295. The third-order valence-electron chi connectivity index (χ3n) is 2.43. The van der Waals surface area contributed by atoms with Crippen LogP contribution in [0.4, 0.5) is 0 Å². The van der Waals surface area contributed by atoms with Crippen LogP contribution < -0.4 is 9.64 Å². The van der Waals surface area contributed by atoms with E-state index in [-0.39, 0.29) is 16.4 Å². The first-order valence-corrected chi connectivity index (χ1v) is 7.33. The third kappa shape index (κ3) is 3.23. The molecule has 0 unspecified atom stereocenters. The van der Waals surface area contributed by atoms with E-state index in [1.165, 1.54) is 24.3 Å². The molecule has 0 bridgehead atoms. The molecule has 10 heteroatoms. The summed E-state index contributed by atoms with van der Waals surface area (Å²) in [4.78, 5) is 9.89. The van der Waals surface area contributed by atoms with E-state index in [1.54, 1.807) is 6.07 Å². The van der Waals surface area contributed by atoms with Crippen molar-refractivity contribution < 1.29 is 32.6 Å². The van der Waals surface area contributed by atoms with Gasteiger partial charge in [0.15, 0.2) is 0 Å². The van der Waals surface area contributed by atoms with Crippen LogP contribution in [-0.2, 0) is 14.6 Å². The van der Waals surface area contributed by atoms with E-state index in [9.17, 15) is 18.4 Å². The van der Waals surface area contributed by atoms with Crippen molar-refractivity contribution in [1.29, 1.82) is 0 Å². The molecule has 2 aromatic rings. The van der Waals surface area contributed by atoms with Crippen molar-refractivity contribution in [2.24, 2.45) is 0 Å². The van der Waals surface area contributed by atoms with Crippen LogP contribution in [-0.4, -0.2) is 31.3 Å². The Balaban J connectivity index is 2.32. The number of carboxylic acid groups (broad SMARTS) is 1. The quantitative estimate of drug-likeness (QED) is 0.586. The normalized spacial score (nSPS) is 11.6. The predicted molar refractivity (Wildman–Crippen MR) is 69.6 cm³/mol. The zero-order valence-corrected chi connectivity index (χ0v) is 11.8. The second kappa shape index (κ2) is 6.26. The van der Waals surface area contributed by atoms with Gasteiger partial charge in [-0.15, -0.1) is 0 Å². The van der Waals surface area contributed by atoms with Crippen LogP contribution in [0.15, 0.2) is 57.0 Å². The molecule has 0 atom stereocenters. The van der Waals surface area contributed by atoms with Crippen LogP contribution >= 0.6 is 0 Å². The zero-order valence-electron chi connectivity index (χ0n) is 10.9. The van der Waals surface area contributed by atoms with Gasteiger partial charge >= 0.3 is 16.9 Å². The van der Waals surface area contributed by atoms with E-state index in [0.29, 0.717) is 0 Å². The fourth-order valence-electron chi connectivity index (χ4n) is 1.52. The van der Waals surface area contributed by atoms with Crippen molar-refractivity contribution in [2.75, 3.05) is 6.61 Å². The van der Waals surface area contributed by atoms with Gasteiger partial charge in [0.05, 0.1) is 10.1 Å². The molecule has 116 valence electrons. The number of benzene rings is 1. The average molecular weight is 326 g/mol. The highest BCUT2D eigenvalue weighted by molar-refractivity contribution is 7.91. The van der Waals surface area contributed by atoms with E-state index in [1.807, 2.05) is 0 Å². The van der Waals surface area contributed by atoms with Crippen molar-refractivity contribution >= 4 is 15.8 Å². The van der Waals surface area contributed by atoms with E-state index in [0.717, 1.165) is 12.2 Å². The summed E-state index contributed by atoms with van der Waals surface area (Å²) in [6, 6.07) is 7.20. The molecule has 0 amide bonds. The molecule has 0 radical (unpaired) electrons. The monoisotopic (exact) mass is 326 g/mol. The molecule has 1 N–H and O–H groups in total. The molecule has 0 saturated heterocycles. The Bertz CT molecular complexity index is 796. The van der Waals surface area contributed by atoms with Gasteiger partial charge in [0.1, 0.15) is 6.61 Å². The number of hydrogen-bond acceptors (Lipinski definition) is 7. The number of ether oxygens (including phenoxy) is 1. The molecule has 22 heavy (non-hydrogen) atoms. The lowest BCUT2D eigenvalue weighted by Crippen LogP contribution is -2.30. The highest BCUT2D eigenvalue weighted by Crippen LogP contribution is 2.24. The molecule has 2 rings (SSSR count). The first-order valence-electron chi connectivity index (χ1n) is 5.85. The largest absolute Gasteiger partial charge is 0.478 e. The lowest BCUT2D eigenvalue weighted by Gasteiger charge is -2.01. The summed E-state index contributed by atoms with van der Waals surface area (Å²) in [6.07, 6.45) is 1.92. The SMILES string of the molecule is O=C(O)/C=C/COc1no[n+]([O-])c1S(=O)(=O)c1ccccc1. The Morgan fingerprint density at radius 1 is 1.41 bits per heavy atom. The number of carbonyl (C=O) groups is 1. The predicted octanol–water partition coefficient (Wildman–Crippen LogP) is 0.160. The van der Waals surface area contributed by atoms with E-state index < -0.39 is 26.7 Å². The van der Waals surface area contributed by atoms with Crippen molar-refractivity contribution in [3.05, 3.63) is 47.7 Å². The molecular weight excluding hydrogens is 316 g/mol. The molecule has 0 spiro atoms. The summed E-state index contributed by atoms with van der Waals surface area (Å²) in [7, 11) is -4.18. The maximum absolute atomic E-state index is 12.4. The minimum atomic E-state index is -4.18. The summed E-state index contributed by atoms with van der Waals surface area (Å²) >= 11 is 0. The highest BCUT2D eigenvalue weighted by atomic mass is 32.2. The Labute approximate surface area is 124 Å². The molecule has 0 aliphatic heterocycles. The highest BCUT2D eigenvalue weighted by Gasteiger charge is 2.35. The summed E-state index contributed by atoms with van der Waals surface area (Å²) in [5.74, 6) is -1.74. The average Bonchev–Trinajstić information content (AvgIpc) is 2.86. The van der Waals surface area contributed by atoms with Crippen molar-refractivity contribution in [3.8, 4) is 5.88 Å². The van der Waals surface area contributed by atoms with Gasteiger partial charge in [-0.1, -0.05) is 18.2 Å². The van der Waals surface area contributed by atoms with E-state index >= 15 is 0 Å². The topological polar surface area (TPSA) is 134 Å². The Hall–Kier alpha value is -2.88. The van der Waals surface area contributed by atoms with Crippen LogP contribution in [0.3, 0.4) is 0 Å². The van der Waals surface area contributed by atoms with Gasteiger partial charge in [0.2, 0.25) is 0 Å². The minimum Gasteiger partial charge on any atom is -0.478 e. The second-order valence-corrected chi connectivity index (χ2v) is 5.77. The standard InChI is InChI=1S/C12H10N2O7S/c15-10(16)7-4-8-20-11-12(14(17)21-13-11)22(18,19)9-5-2-1-3-6-9/h1-7H,8H2,(H,15,16)/b7-4+. The Morgan fingerprint density at radius 3 is 2.73 bits per heavy atom. The number of nitrogens with zero attached hydrogens (tertiary/aromatic N) is 2. The van der Waals surface area contributed by atoms with Crippen LogP contribution in [0.2, 0.25) is 0 Å². The van der Waals surface area contributed by atoms with Gasteiger partial charge in [-0.25, -0.2) is 13.2 Å². The van der Waals surface area contributed by atoms with Gasteiger partial charge < -0.3 is 15.1 Å². The Kier molecular flexibility index (Phi) is 4.41. The van der Waals surface area contributed by atoms with Gasteiger partial charge in [-0.2, -0.15) is 0 Å². The fourth-order valence-corrected chi connectivity index (χ4v) is 2.81. The summed E-state index contributed by atoms with van der Waals surface area (Å²) in [5, 5.41) is 22.4. The maximum Gasteiger partial charge on any atom is 0.415 e. The molecular formula is C12H10N2O7S. The smallest absolute Gasteiger partial charge is 0.415 e. The third-order valence-corrected chi connectivity index (χ3v) is 4.16. The molecule has 0 aliphatic rings. The van der Waals surface area contributed by atoms with Crippen LogP contribution in [0.1, 0.15) is 0 Å². The van der Waals surface area contributed by atoms with E-state index in [4.69, 9.17) is 9.84 Å². The minimum absolute atomic E-state index is 0.131. The Morgan fingerprint density at radius 2 is 2.09 bits per heavy atom. The number of carboxylic acids is 1. The second-order valence-electron chi connectivity index (χ2n) is 3.91.